The van der Waals surface area contributed by atoms with E-state index >= 15 is 0 Å². The molecule has 0 saturated heterocycles. The molecule has 7 aromatic rings. The molecule has 0 fully saturated rings. The fraction of sp³-hybridized carbons (Fsp3) is 0. The quantitative estimate of drug-likeness (QED) is 0.0998. The first kappa shape index (κ1) is 29.0. The molecule has 226 valence electrons. The van der Waals surface area contributed by atoms with Crippen LogP contribution in [-0.4, -0.2) is 30.2 Å². The van der Waals surface area contributed by atoms with Crippen LogP contribution in [0.1, 0.15) is 0 Å². The van der Waals surface area contributed by atoms with E-state index in [9.17, 15) is 8.78 Å². The molecule has 0 aliphatic carbocycles. The van der Waals surface area contributed by atoms with Gasteiger partial charge in [0.05, 0.1) is 22.1 Å². The van der Waals surface area contributed by atoms with E-state index in [2.05, 4.69) is 31.2 Å². The zero-order valence-corrected chi connectivity index (χ0v) is 25.5. The largest absolute Gasteiger partial charge is 0.338 e. The Morgan fingerprint density at radius 2 is 0.870 bits per heavy atom. The zero-order chi connectivity index (χ0) is 31.6. The lowest BCUT2D eigenvalue weighted by Crippen LogP contribution is -2.18. The molecule has 0 radical (unpaired) electrons. The van der Waals surface area contributed by atoms with Crippen LogP contribution >= 0.6 is 24.4 Å². The maximum atomic E-state index is 13.2. The number of hydrogen-bond donors (Lipinski definition) is 6. The molecule has 0 amide bonds. The maximum Gasteiger partial charge on any atom is 0.175 e. The molecule has 5 aromatic carbocycles. The Bertz CT molecular complexity index is 2070. The van der Waals surface area contributed by atoms with Crippen LogP contribution in [0.4, 0.5) is 31.5 Å². The first-order valence-electron chi connectivity index (χ1n) is 14.1. The van der Waals surface area contributed by atoms with Gasteiger partial charge in [0.25, 0.3) is 0 Å². The average Bonchev–Trinajstić information content (AvgIpc) is 3.67. The Morgan fingerprint density at radius 3 is 1.28 bits per heavy atom. The van der Waals surface area contributed by atoms with Gasteiger partial charge in [-0.2, -0.15) is 0 Å². The molecular weight excluding hydrogens is 623 g/mol. The summed E-state index contributed by atoms with van der Waals surface area (Å²) in [7, 11) is 0. The van der Waals surface area contributed by atoms with E-state index in [-0.39, 0.29) is 11.6 Å². The van der Waals surface area contributed by atoms with Crippen LogP contribution in [0.15, 0.2) is 109 Å². The van der Waals surface area contributed by atoms with Crippen LogP contribution in [0.25, 0.3) is 44.8 Å². The monoisotopic (exact) mass is 646 g/mol. The average molecular weight is 647 g/mol. The molecule has 6 N–H and O–H groups in total. The molecule has 0 atom stereocenters. The Hall–Kier alpha value is -5.72. The summed E-state index contributed by atoms with van der Waals surface area (Å²) in [5, 5.41) is 13.2. The third-order valence-electron chi connectivity index (χ3n) is 7.12. The highest BCUT2D eigenvalue weighted by Gasteiger charge is 2.15. The van der Waals surface area contributed by atoms with Crippen LogP contribution in [0.5, 0.6) is 0 Å². The number of benzene rings is 5. The van der Waals surface area contributed by atoms with Crippen LogP contribution < -0.4 is 21.3 Å². The molecular formula is C34H24F2N8S2. The van der Waals surface area contributed by atoms with E-state index < -0.39 is 0 Å². The fourth-order valence-electron chi connectivity index (χ4n) is 4.98. The van der Waals surface area contributed by atoms with Gasteiger partial charge in [-0.3, -0.25) is 0 Å². The molecule has 0 aliphatic rings. The van der Waals surface area contributed by atoms with Crippen LogP contribution in [0, 0.1) is 11.6 Å². The molecule has 0 bridgehead atoms. The third kappa shape index (κ3) is 6.39. The summed E-state index contributed by atoms with van der Waals surface area (Å²) in [5.41, 5.74) is 7.88. The Labute approximate surface area is 272 Å². The molecule has 0 saturated carbocycles. The number of H-pyrrole nitrogens is 2. The van der Waals surface area contributed by atoms with Gasteiger partial charge in [-0.05, 0) is 109 Å². The lowest BCUT2D eigenvalue weighted by Gasteiger charge is -2.10. The molecule has 46 heavy (non-hydrogen) atoms. The van der Waals surface area contributed by atoms with Crippen LogP contribution in [0.2, 0.25) is 0 Å². The van der Waals surface area contributed by atoms with E-state index in [0.717, 1.165) is 44.6 Å². The van der Waals surface area contributed by atoms with Gasteiger partial charge in [0.15, 0.2) is 10.2 Å². The van der Waals surface area contributed by atoms with Crippen LogP contribution in [0.3, 0.4) is 0 Å². The zero-order valence-electron chi connectivity index (χ0n) is 23.9. The highest BCUT2D eigenvalue weighted by Crippen LogP contribution is 2.32. The van der Waals surface area contributed by atoms with E-state index in [1.807, 2.05) is 60.7 Å². The first-order chi connectivity index (χ1) is 22.4. The number of rotatable bonds is 6. The number of nitrogens with one attached hydrogen (secondary N) is 6. The Morgan fingerprint density at radius 1 is 0.500 bits per heavy atom. The van der Waals surface area contributed by atoms with E-state index in [0.29, 0.717) is 33.2 Å². The van der Waals surface area contributed by atoms with Crippen molar-refractivity contribution < 1.29 is 8.78 Å². The number of thiocarbonyl (C=S) groups is 2. The van der Waals surface area contributed by atoms with Gasteiger partial charge in [0.1, 0.15) is 23.3 Å². The predicted octanol–water partition coefficient (Wildman–Crippen LogP) is 8.67. The van der Waals surface area contributed by atoms with Crippen molar-refractivity contribution in [3.05, 3.63) is 121 Å². The summed E-state index contributed by atoms with van der Waals surface area (Å²) in [6.07, 6.45) is 0. The number of nitrogens with zero attached hydrogens (tertiary/aromatic N) is 2. The molecule has 7 rings (SSSR count). The minimum atomic E-state index is -0.313. The van der Waals surface area contributed by atoms with E-state index in [4.69, 9.17) is 34.4 Å². The highest BCUT2D eigenvalue weighted by atomic mass is 32.1. The Balaban J connectivity index is 1.10. The van der Waals surface area contributed by atoms with Crippen molar-refractivity contribution in [2.24, 2.45) is 0 Å². The summed E-state index contributed by atoms with van der Waals surface area (Å²) < 4.78 is 26.4. The molecule has 2 aromatic heterocycles. The highest BCUT2D eigenvalue weighted by molar-refractivity contribution is 7.81. The summed E-state index contributed by atoms with van der Waals surface area (Å²) >= 11 is 10.9. The fourth-order valence-corrected chi connectivity index (χ4v) is 5.45. The van der Waals surface area contributed by atoms with Crippen molar-refractivity contribution in [3.8, 4) is 22.8 Å². The Kier molecular flexibility index (Phi) is 7.79. The van der Waals surface area contributed by atoms with Gasteiger partial charge in [-0.25, -0.2) is 18.7 Å². The third-order valence-corrected chi connectivity index (χ3v) is 7.53. The number of halogens is 2. The van der Waals surface area contributed by atoms with Gasteiger partial charge >= 0.3 is 0 Å². The van der Waals surface area contributed by atoms with E-state index in [1.165, 1.54) is 24.3 Å². The summed E-state index contributed by atoms with van der Waals surface area (Å²) in [4.78, 5) is 16.5. The lowest BCUT2D eigenvalue weighted by atomic mass is 10.1. The molecule has 0 unspecified atom stereocenters. The van der Waals surface area contributed by atoms with Crippen molar-refractivity contribution in [2.75, 3.05) is 21.3 Å². The van der Waals surface area contributed by atoms with Crippen molar-refractivity contribution >= 4 is 79.5 Å². The van der Waals surface area contributed by atoms with E-state index in [1.54, 1.807) is 24.3 Å². The van der Waals surface area contributed by atoms with Gasteiger partial charge in [-0.1, -0.05) is 24.3 Å². The predicted molar refractivity (Wildman–Crippen MR) is 189 cm³/mol. The molecule has 2 heterocycles. The van der Waals surface area contributed by atoms with Crippen molar-refractivity contribution in [2.45, 2.75) is 0 Å². The topological polar surface area (TPSA) is 105 Å². The second kappa shape index (κ2) is 12.3. The first-order valence-corrected chi connectivity index (χ1v) is 14.9. The van der Waals surface area contributed by atoms with Gasteiger partial charge < -0.3 is 31.2 Å². The number of hydrogen-bond acceptors (Lipinski definition) is 4. The number of anilines is 4. The maximum absolute atomic E-state index is 13.2. The molecule has 12 heteroatoms. The lowest BCUT2D eigenvalue weighted by molar-refractivity contribution is 0.627. The second-order valence-corrected chi connectivity index (χ2v) is 11.2. The summed E-state index contributed by atoms with van der Waals surface area (Å²) in [6.45, 7) is 0. The minimum Gasteiger partial charge on any atom is -0.338 e. The number of imidazole rings is 2. The van der Waals surface area contributed by atoms with Crippen molar-refractivity contribution in [3.63, 3.8) is 0 Å². The van der Waals surface area contributed by atoms with Gasteiger partial charge in [-0.15, -0.1) is 0 Å². The summed E-state index contributed by atoms with van der Waals surface area (Å²) in [6, 6.07) is 31.3. The molecule has 0 aliphatic heterocycles. The standard InChI is InChI=1S/C34H24F2N8S2/c35-19-5-9-21(10-6-19)37-33(45)39-23-13-15-27-29(17-23)43-31(41-27)25-3-1-2-4-26(25)32-42-28-16-14-24(18-30(28)44-32)40-34(46)38-22-11-7-20(36)8-12-22/h1-18H,(H,41,43)(H,42,44)(H2,37,39,45)(H2,38,40,46). The minimum absolute atomic E-state index is 0.313. The number of fused-ring (bicyclic) bond motifs is 2. The molecule has 8 nitrogen and oxygen atoms in total. The number of aromatic amines is 2. The van der Waals surface area contributed by atoms with Crippen molar-refractivity contribution in [1.29, 1.82) is 0 Å². The van der Waals surface area contributed by atoms with Crippen molar-refractivity contribution in [1.82, 2.24) is 19.9 Å². The summed E-state index contributed by atoms with van der Waals surface area (Å²) in [5.74, 6) is 0.754. The normalized spacial score (nSPS) is 11.0. The van der Waals surface area contributed by atoms with Gasteiger partial charge in [0, 0.05) is 33.9 Å². The van der Waals surface area contributed by atoms with Gasteiger partial charge in [0.2, 0.25) is 0 Å². The molecule has 0 spiro atoms. The SMILES string of the molecule is Fc1ccc(NC(=S)Nc2ccc3nc(-c4ccccc4-c4nc5ccc(NC(=S)Nc6ccc(F)cc6)cc5[nH]4)[nH]c3c2)cc1. The van der Waals surface area contributed by atoms with Crippen LogP contribution in [-0.2, 0) is 0 Å². The number of aromatic nitrogens is 4. The smallest absolute Gasteiger partial charge is 0.175 e. The second-order valence-electron chi connectivity index (χ2n) is 10.4.